The summed E-state index contributed by atoms with van der Waals surface area (Å²) in [5.74, 6) is 0. The summed E-state index contributed by atoms with van der Waals surface area (Å²) in [6.45, 7) is 6.51. The molecule has 1 aromatic heterocycles. The molecule has 0 saturated heterocycles. The Kier molecular flexibility index (Phi) is 2.37. The fourth-order valence-corrected chi connectivity index (χ4v) is 3.39. The smallest absolute Gasteiger partial charge is 0.0541 e. The normalized spacial score (nSPS) is 15.8. The minimum Gasteiger partial charge on any atom is -0.309 e. The standard InChI is InChI=1S/C19H17N/c1-13-11-12-14(2)19(13)20-17-9-5-3-7-15(17)16-8-4-6-10-18(16)20/h3-10H,1,11-12H2,2H3. The average Bonchev–Trinajstić information content (AvgIpc) is 2.97. The second-order valence-electron chi connectivity index (χ2n) is 5.60. The van der Waals surface area contributed by atoms with Gasteiger partial charge in [-0.3, -0.25) is 0 Å². The van der Waals surface area contributed by atoms with Crippen LogP contribution in [-0.4, -0.2) is 4.57 Å². The molecule has 0 aliphatic heterocycles. The molecule has 0 spiro atoms. The first-order valence-electron chi connectivity index (χ1n) is 7.14. The fraction of sp³-hybridized carbons (Fsp3) is 0.158. The largest absolute Gasteiger partial charge is 0.309 e. The van der Waals surface area contributed by atoms with E-state index in [1.807, 2.05) is 0 Å². The van der Waals surface area contributed by atoms with Crippen LogP contribution >= 0.6 is 0 Å². The van der Waals surface area contributed by atoms with E-state index in [4.69, 9.17) is 0 Å². The molecule has 0 radical (unpaired) electrons. The predicted octanol–water partition coefficient (Wildman–Crippen LogP) is 5.38. The van der Waals surface area contributed by atoms with Crippen LogP contribution in [0.3, 0.4) is 0 Å². The Morgan fingerprint density at radius 3 is 1.90 bits per heavy atom. The Morgan fingerprint density at radius 1 is 0.850 bits per heavy atom. The first-order valence-corrected chi connectivity index (χ1v) is 7.14. The van der Waals surface area contributed by atoms with Gasteiger partial charge in [-0.2, -0.15) is 0 Å². The summed E-state index contributed by atoms with van der Waals surface area (Å²) in [5.41, 5.74) is 6.59. The molecule has 0 N–H and O–H groups in total. The lowest BCUT2D eigenvalue weighted by molar-refractivity contribution is 1.01. The number of allylic oxidation sites excluding steroid dienone is 3. The van der Waals surface area contributed by atoms with Crippen molar-refractivity contribution in [2.24, 2.45) is 0 Å². The van der Waals surface area contributed by atoms with Crippen molar-refractivity contribution in [3.05, 3.63) is 66.3 Å². The number of rotatable bonds is 1. The second-order valence-corrected chi connectivity index (χ2v) is 5.60. The maximum atomic E-state index is 4.28. The third-order valence-electron chi connectivity index (χ3n) is 4.34. The maximum Gasteiger partial charge on any atom is 0.0541 e. The average molecular weight is 259 g/mol. The zero-order chi connectivity index (χ0) is 13.7. The summed E-state index contributed by atoms with van der Waals surface area (Å²) in [6.07, 6.45) is 2.22. The zero-order valence-electron chi connectivity index (χ0n) is 11.7. The lowest BCUT2D eigenvalue weighted by Crippen LogP contribution is -1.97. The molecule has 1 nitrogen and oxygen atoms in total. The van der Waals surface area contributed by atoms with Gasteiger partial charge in [0.1, 0.15) is 0 Å². The van der Waals surface area contributed by atoms with Gasteiger partial charge in [0.2, 0.25) is 0 Å². The molecule has 0 saturated carbocycles. The summed E-state index contributed by atoms with van der Waals surface area (Å²) < 4.78 is 2.40. The Bertz CT molecular complexity index is 824. The predicted molar refractivity (Wildman–Crippen MR) is 86.7 cm³/mol. The molecule has 0 amide bonds. The van der Waals surface area contributed by atoms with Crippen LogP contribution in [0, 0.1) is 0 Å². The van der Waals surface area contributed by atoms with Gasteiger partial charge >= 0.3 is 0 Å². The first-order chi connectivity index (χ1) is 9.77. The molecule has 0 unspecified atom stereocenters. The van der Waals surface area contributed by atoms with Gasteiger partial charge in [-0.15, -0.1) is 0 Å². The topological polar surface area (TPSA) is 4.93 Å². The van der Waals surface area contributed by atoms with Crippen LogP contribution in [0.5, 0.6) is 0 Å². The van der Waals surface area contributed by atoms with Crippen molar-refractivity contribution in [1.82, 2.24) is 4.57 Å². The monoisotopic (exact) mass is 259 g/mol. The highest BCUT2D eigenvalue weighted by atomic mass is 15.0. The Hall–Kier alpha value is -2.28. The molecule has 98 valence electrons. The van der Waals surface area contributed by atoms with Gasteiger partial charge in [0.25, 0.3) is 0 Å². The van der Waals surface area contributed by atoms with Crippen molar-refractivity contribution in [2.45, 2.75) is 19.8 Å². The molecule has 0 atom stereocenters. The van der Waals surface area contributed by atoms with E-state index in [2.05, 4.69) is 66.6 Å². The van der Waals surface area contributed by atoms with E-state index >= 15 is 0 Å². The van der Waals surface area contributed by atoms with Crippen molar-refractivity contribution >= 4 is 27.5 Å². The van der Waals surface area contributed by atoms with Crippen molar-refractivity contribution in [3.8, 4) is 0 Å². The number of benzene rings is 2. The summed E-state index contributed by atoms with van der Waals surface area (Å²) in [7, 11) is 0. The molecule has 1 aliphatic carbocycles. The van der Waals surface area contributed by atoms with Gasteiger partial charge in [0.05, 0.1) is 11.0 Å². The molecule has 1 heteroatoms. The van der Waals surface area contributed by atoms with Gasteiger partial charge in [-0.1, -0.05) is 43.0 Å². The molecule has 4 rings (SSSR count). The minimum atomic E-state index is 1.09. The molecule has 0 fully saturated rings. The number of para-hydroxylation sites is 2. The number of fused-ring (bicyclic) bond motifs is 3. The Morgan fingerprint density at radius 2 is 1.40 bits per heavy atom. The van der Waals surface area contributed by atoms with Crippen molar-refractivity contribution < 1.29 is 0 Å². The number of nitrogens with zero attached hydrogens (tertiary/aromatic N) is 1. The molecule has 1 aliphatic rings. The number of hydrogen-bond donors (Lipinski definition) is 0. The quantitative estimate of drug-likeness (QED) is 0.553. The van der Waals surface area contributed by atoms with Gasteiger partial charge < -0.3 is 4.57 Å². The van der Waals surface area contributed by atoms with Crippen molar-refractivity contribution in [2.75, 3.05) is 0 Å². The molecule has 3 aromatic rings. The third-order valence-corrected chi connectivity index (χ3v) is 4.34. The zero-order valence-corrected chi connectivity index (χ0v) is 11.7. The van der Waals surface area contributed by atoms with Crippen LogP contribution in [0.25, 0.3) is 27.5 Å². The molecule has 2 aromatic carbocycles. The van der Waals surface area contributed by atoms with Crippen molar-refractivity contribution in [3.63, 3.8) is 0 Å². The summed E-state index contributed by atoms with van der Waals surface area (Å²) in [4.78, 5) is 0. The van der Waals surface area contributed by atoms with Crippen LogP contribution < -0.4 is 0 Å². The minimum absolute atomic E-state index is 1.09. The van der Waals surface area contributed by atoms with Crippen LogP contribution in [0.1, 0.15) is 19.8 Å². The summed E-state index contributed by atoms with van der Waals surface area (Å²) in [6, 6.07) is 17.3. The fourth-order valence-electron chi connectivity index (χ4n) is 3.39. The van der Waals surface area contributed by atoms with E-state index in [0.717, 1.165) is 12.8 Å². The van der Waals surface area contributed by atoms with Gasteiger partial charge in [-0.05, 0) is 43.0 Å². The van der Waals surface area contributed by atoms with Crippen LogP contribution in [0.2, 0.25) is 0 Å². The van der Waals surface area contributed by atoms with Gasteiger partial charge in [0, 0.05) is 16.5 Å². The van der Waals surface area contributed by atoms with Crippen LogP contribution in [0.4, 0.5) is 0 Å². The van der Waals surface area contributed by atoms with E-state index < -0.39 is 0 Å². The Balaban J connectivity index is 2.22. The second kappa shape index (κ2) is 4.11. The van der Waals surface area contributed by atoms with Crippen molar-refractivity contribution in [1.29, 1.82) is 0 Å². The van der Waals surface area contributed by atoms with E-state index in [1.165, 1.54) is 38.6 Å². The van der Waals surface area contributed by atoms with Gasteiger partial charge in [0.15, 0.2) is 0 Å². The lowest BCUT2D eigenvalue weighted by atomic mass is 10.2. The maximum absolute atomic E-state index is 4.28. The highest BCUT2D eigenvalue weighted by molar-refractivity contribution is 6.10. The molecular weight excluding hydrogens is 242 g/mol. The molecule has 1 heterocycles. The summed E-state index contributed by atoms with van der Waals surface area (Å²) in [5, 5.41) is 2.64. The SMILES string of the molecule is C=C1CCC(C)=C1n1c2ccccc2c2ccccc21. The number of aromatic nitrogens is 1. The highest BCUT2D eigenvalue weighted by Gasteiger charge is 2.20. The van der Waals surface area contributed by atoms with E-state index in [1.54, 1.807) is 0 Å². The van der Waals surface area contributed by atoms with E-state index in [0.29, 0.717) is 0 Å². The third kappa shape index (κ3) is 1.44. The number of hydrogen-bond acceptors (Lipinski definition) is 0. The van der Waals surface area contributed by atoms with Crippen LogP contribution in [-0.2, 0) is 0 Å². The van der Waals surface area contributed by atoms with E-state index in [-0.39, 0.29) is 0 Å². The van der Waals surface area contributed by atoms with Gasteiger partial charge in [-0.25, -0.2) is 0 Å². The van der Waals surface area contributed by atoms with E-state index in [9.17, 15) is 0 Å². The molecule has 20 heavy (non-hydrogen) atoms. The Labute approximate surface area is 118 Å². The summed E-state index contributed by atoms with van der Waals surface area (Å²) >= 11 is 0. The molecular formula is C19H17N. The first kappa shape index (κ1) is 11.5. The highest BCUT2D eigenvalue weighted by Crippen LogP contribution is 2.39. The lowest BCUT2D eigenvalue weighted by Gasteiger charge is -2.11. The molecule has 0 bridgehead atoms. The van der Waals surface area contributed by atoms with Crippen LogP contribution in [0.15, 0.2) is 66.3 Å².